The van der Waals surface area contributed by atoms with Crippen molar-refractivity contribution in [2.24, 2.45) is 0 Å². The van der Waals surface area contributed by atoms with Crippen LogP contribution in [0.2, 0.25) is 5.02 Å². The molecule has 1 N–H and O–H groups in total. The topological polar surface area (TPSA) is 86.8 Å². The zero-order valence-electron chi connectivity index (χ0n) is 19.2. The third kappa shape index (κ3) is 4.61. The molecule has 2 heterocycles. The fraction of sp³-hybridized carbons (Fsp3) is 0.231. The highest BCUT2D eigenvalue weighted by Gasteiger charge is 2.34. The second-order valence-corrected chi connectivity index (χ2v) is 11.2. The van der Waals surface area contributed by atoms with Gasteiger partial charge in [-0.3, -0.25) is 9.59 Å². The van der Waals surface area contributed by atoms with Gasteiger partial charge < -0.3 is 10.2 Å². The molecule has 0 saturated carbocycles. The number of hydrogen-bond donors (Lipinski definition) is 1. The van der Waals surface area contributed by atoms with Gasteiger partial charge in [-0.15, -0.1) is 0 Å². The van der Waals surface area contributed by atoms with E-state index in [1.54, 1.807) is 30.3 Å². The summed E-state index contributed by atoms with van der Waals surface area (Å²) in [7, 11) is -3.63. The Morgan fingerprint density at radius 1 is 0.972 bits per heavy atom. The predicted molar refractivity (Wildman–Crippen MR) is 134 cm³/mol. The summed E-state index contributed by atoms with van der Waals surface area (Å²) in [6.07, 6.45) is 1.65. The number of fused-ring (bicyclic) bond motifs is 1. The van der Waals surface area contributed by atoms with E-state index in [4.69, 9.17) is 11.6 Å². The largest absolute Gasteiger partial charge is 0.324 e. The Morgan fingerprint density at radius 3 is 2.31 bits per heavy atom. The van der Waals surface area contributed by atoms with Gasteiger partial charge in [-0.1, -0.05) is 23.7 Å². The average molecular weight is 528 g/mol. The fourth-order valence-electron chi connectivity index (χ4n) is 4.68. The second-order valence-electron chi connectivity index (χ2n) is 8.80. The van der Waals surface area contributed by atoms with Crippen LogP contribution in [-0.2, 0) is 14.8 Å². The highest BCUT2D eigenvalue weighted by molar-refractivity contribution is 7.89. The lowest BCUT2D eigenvalue weighted by Gasteiger charge is -2.31. The molecule has 0 radical (unpaired) electrons. The van der Waals surface area contributed by atoms with Gasteiger partial charge in [0.15, 0.2) is 0 Å². The number of anilines is 1. The molecule has 1 atom stereocenters. The molecular weight excluding hydrogens is 505 g/mol. The number of amides is 2. The van der Waals surface area contributed by atoms with E-state index in [-0.39, 0.29) is 17.0 Å². The lowest BCUT2D eigenvalue weighted by atomic mass is 9.95. The highest BCUT2D eigenvalue weighted by Crippen LogP contribution is 2.38. The first kappa shape index (κ1) is 24.4. The van der Waals surface area contributed by atoms with Crippen LogP contribution in [0.3, 0.4) is 0 Å². The van der Waals surface area contributed by atoms with Crippen LogP contribution >= 0.6 is 11.6 Å². The van der Waals surface area contributed by atoms with E-state index >= 15 is 0 Å². The van der Waals surface area contributed by atoms with E-state index in [0.29, 0.717) is 34.9 Å². The van der Waals surface area contributed by atoms with Crippen molar-refractivity contribution in [3.05, 3.63) is 94.3 Å². The van der Waals surface area contributed by atoms with Gasteiger partial charge in [0.1, 0.15) is 12.4 Å². The highest BCUT2D eigenvalue weighted by atomic mass is 35.5. The Bertz CT molecular complexity index is 1420. The Hall–Kier alpha value is -3.27. The normalized spacial score (nSPS) is 18.4. The van der Waals surface area contributed by atoms with Crippen molar-refractivity contribution in [2.45, 2.75) is 23.8 Å². The molecule has 2 aliphatic rings. The zero-order valence-corrected chi connectivity index (χ0v) is 20.7. The standard InChI is InChI=1S/C26H23ClFN3O4S/c27-19-7-12-23-22(15-19)25(17-3-8-20(28)9-4-17)31(16-24(32)29-23)26(33)18-5-10-21(11-6-18)36(34,35)30-13-1-2-14-30/h3-12,15,25H,1-2,13-14,16H2,(H,29,32)/t25-/m1/s1. The quantitative estimate of drug-likeness (QED) is 0.543. The Kier molecular flexibility index (Phi) is 6.55. The van der Waals surface area contributed by atoms with E-state index in [1.807, 2.05) is 0 Å². The number of carbonyl (C=O) groups is 2. The number of benzene rings is 3. The molecule has 2 aliphatic heterocycles. The maximum absolute atomic E-state index is 13.7. The molecule has 7 nitrogen and oxygen atoms in total. The van der Waals surface area contributed by atoms with Gasteiger partial charge in [-0.25, -0.2) is 12.8 Å². The van der Waals surface area contributed by atoms with Crippen LogP contribution in [-0.4, -0.2) is 49.1 Å². The summed E-state index contributed by atoms with van der Waals surface area (Å²) in [5, 5.41) is 3.22. The van der Waals surface area contributed by atoms with E-state index < -0.39 is 33.7 Å². The predicted octanol–water partition coefficient (Wildman–Crippen LogP) is 4.45. The molecule has 0 aromatic heterocycles. The Labute approximate surface area is 213 Å². The van der Waals surface area contributed by atoms with Crippen LogP contribution in [0.15, 0.2) is 71.6 Å². The van der Waals surface area contributed by atoms with Crippen LogP contribution in [0.5, 0.6) is 0 Å². The number of nitrogens with one attached hydrogen (secondary N) is 1. The van der Waals surface area contributed by atoms with Crippen LogP contribution < -0.4 is 5.32 Å². The first-order chi connectivity index (χ1) is 17.2. The summed E-state index contributed by atoms with van der Waals surface area (Å²) in [5.74, 6) is -1.30. The maximum atomic E-state index is 13.7. The molecule has 0 aliphatic carbocycles. The summed E-state index contributed by atoms with van der Waals surface area (Å²) < 4.78 is 40.9. The molecule has 2 amide bonds. The molecule has 3 aromatic rings. The minimum Gasteiger partial charge on any atom is -0.324 e. The average Bonchev–Trinajstić information content (AvgIpc) is 3.37. The molecule has 186 valence electrons. The molecule has 1 saturated heterocycles. The first-order valence-corrected chi connectivity index (χ1v) is 13.3. The minimum atomic E-state index is -3.63. The van der Waals surface area contributed by atoms with Gasteiger partial charge in [-0.05, 0) is 73.0 Å². The van der Waals surface area contributed by atoms with Crippen LogP contribution in [0.1, 0.15) is 40.4 Å². The molecular formula is C26H23ClFN3O4S. The number of halogens is 2. The summed E-state index contributed by atoms with van der Waals surface area (Å²) in [6, 6.07) is 15.7. The number of hydrogen-bond acceptors (Lipinski definition) is 4. The van der Waals surface area contributed by atoms with Crippen LogP contribution in [0.25, 0.3) is 0 Å². The van der Waals surface area contributed by atoms with Crippen LogP contribution in [0, 0.1) is 5.82 Å². The van der Waals surface area contributed by atoms with Gasteiger partial charge >= 0.3 is 0 Å². The van der Waals surface area contributed by atoms with Gasteiger partial charge in [0, 0.05) is 34.9 Å². The number of carbonyl (C=O) groups excluding carboxylic acids is 2. The van der Waals surface area contributed by atoms with Crippen molar-refractivity contribution in [3.63, 3.8) is 0 Å². The Balaban J connectivity index is 1.54. The summed E-state index contributed by atoms with van der Waals surface area (Å²) in [6.45, 7) is 0.696. The van der Waals surface area contributed by atoms with Gasteiger partial charge in [0.25, 0.3) is 5.91 Å². The minimum absolute atomic E-state index is 0.113. The number of nitrogens with zero attached hydrogens (tertiary/aromatic N) is 2. The first-order valence-electron chi connectivity index (χ1n) is 11.5. The van der Waals surface area contributed by atoms with Crippen molar-refractivity contribution in [1.29, 1.82) is 0 Å². The summed E-state index contributed by atoms with van der Waals surface area (Å²) in [4.78, 5) is 28.0. The zero-order chi connectivity index (χ0) is 25.4. The molecule has 0 bridgehead atoms. The van der Waals surface area contributed by atoms with Crippen molar-refractivity contribution in [2.75, 3.05) is 25.0 Å². The van der Waals surface area contributed by atoms with Crippen LogP contribution in [0.4, 0.5) is 10.1 Å². The van der Waals surface area contributed by atoms with Gasteiger partial charge in [-0.2, -0.15) is 4.31 Å². The van der Waals surface area contributed by atoms with E-state index in [1.165, 1.54) is 45.6 Å². The number of rotatable bonds is 4. The smallest absolute Gasteiger partial charge is 0.255 e. The lowest BCUT2D eigenvalue weighted by Crippen LogP contribution is -2.39. The Morgan fingerprint density at radius 2 is 1.64 bits per heavy atom. The van der Waals surface area contributed by atoms with Gasteiger partial charge in [0.05, 0.1) is 10.9 Å². The van der Waals surface area contributed by atoms with Gasteiger partial charge in [0.2, 0.25) is 15.9 Å². The molecule has 3 aromatic carbocycles. The number of sulfonamides is 1. The van der Waals surface area contributed by atoms with Crippen molar-refractivity contribution in [3.8, 4) is 0 Å². The maximum Gasteiger partial charge on any atom is 0.255 e. The third-order valence-electron chi connectivity index (χ3n) is 6.46. The van der Waals surface area contributed by atoms with E-state index in [2.05, 4.69) is 5.32 Å². The molecule has 0 spiro atoms. The molecule has 0 unspecified atom stereocenters. The molecule has 1 fully saturated rings. The molecule has 36 heavy (non-hydrogen) atoms. The summed E-state index contributed by atoms with van der Waals surface area (Å²) >= 11 is 6.27. The molecule has 5 rings (SSSR count). The SMILES string of the molecule is O=C1CN(C(=O)c2ccc(S(=O)(=O)N3CCCC3)cc2)[C@H](c2ccc(F)cc2)c2cc(Cl)ccc2N1. The van der Waals surface area contributed by atoms with E-state index in [0.717, 1.165) is 12.8 Å². The second kappa shape index (κ2) is 9.65. The van der Waals surface area contributed by atoms with Crippen molar-refractivity contribution in [1.82, 2.24) is 9.21 Å². The monoisotopic (exact) mass is 527 g/mol. The van der Waals surface area contributed by atoms with E-state index in [9.17, 15) is 22.4 Å². The lowest BCUT2D eigenvalue weighted by molar-refractivity contribution is -0.117. The molecule has 10 heteroatoms. The van der Waals surface area contributed by atoms with Crippen molar-refractivity contribution >= 4 is 39.1 Å². The summed E-state index contributed by atoms with van der Waals surface area (Å²) in [5.41, 5.74) is 1.90. The van der Waals surface area contributed by atoms with Crippen molar-refractivity contribution < 1.29 is 22.4 Å². The fourth-order valence-corrected chi connectivity index (χ4v) is 6.38. The third-order valence-corrected chi connectivity index (χ3v) is 8.61.